The first-order valence-corrected chi connectivity index (χ1v) is 8.30. The summed E-state index contributed by atoms with van der Waals surface area (Å²) in [6.07, 6.45) is 0. The highest BCUT2D eigenvalue weighted by Crippen LogP contribution is 2.25. The zero-order valence-electron chi connectivity index (χ0n) is 14.1. The number of anilines is 1. The second-order valence-corrected chi connectivity index (χ2v) is 6.26. The van der Waals surface area contributed by atoms with Crippen LogP contribution in [0.4, 0.5) is 14.5 Å². The molecule has 25 heavy (non-hydrogen) atoms. The van der Waals surface area contributed by atoms with Gasteiger partial charge in [-0.3, -0.25) is 9.69 Å². The first-order chi connectivity index (χ1) is 12.0. The molecular weight excluding hydrogens is 324 g/mol. The third-order valence-electron chi connectivity index (χ3n) is 4.75. The van der Waals surface area contributed by atoms with Crippen LogP contribution in [-0.4, -0.2) is 41.9 Å². The minimum Gasteiger partial charge on any atom is -0.398 e. The summed E-state index contributed by atoms with van der Waals surface area (Å²) in [5.41, 5.74) is 7.32. The van der Waals surface area contributed by atoms with Gasteiger partial charge in [-0.15, -0.1) is 0 Å². The van der Waals surface area contributed by atoms with Gasteiger partial charge in [0.2, 0.25) is 0 Å². The minimum absolute atomic E-state index is 0.0848. The van der Waals surface area contributed by atoms with Crippen LogP contribution in [0.5, 0.6) is 0 Å². The Morgan fingerprint density at radius 1 is 1.08 bits per heavy atom. The fourth-order valence-electron chi connectivity index (χ4n) is 3.21. The van der Waals surface area contributed by atoms with Gasteiger partial charge in [0.1, 0.15) is 11.6 Å². The van der Waals surface area contributed by atoms with Crippen molar-refractivity contribution in [2.75, 3.05) is 31.9 Å². The molecule has 0 spiro atoms. The van der Waals surface area contributed by atoms with Crippen molar-refractivity contribution in [1.82, 2.24) is 9.80 Å². The molecule has 2 aromatic rings. The van der Waals surface area contributed by atoms with Gasteiger partial charge in [-0.1, -0.05) is 18.2 Å². The molecule has 1 unspecified atom stereocenters. The van der Waals surface area contributed by atoms with Gasteiger partial charge in [-0.05, 0) is 25.1 Å². The number of hydrogen-bond acceptors (Lipinski definition) is 3. The average molecular weight is 345 g/mol. The van der Waals surface area contributed by atoms with E-state index in [1.54, 1.807) is 29.2 Å². The number of nitrogen functional groups attached to an aromatic ring is 1. The average Bonchev–Trinajstić information content (AvgIpc) is 2.61. The lowest BCUT2D eigenvalue weighted by Crippen LogP contribution is -2.49. The molecular formula is C19H21F2N3O. The maximum Gasteiger partial charge on any atom is 0.256 e. The van der Waals surface area contributed by atoms with Crippen LogP contribution < -0.4 is 5.73 Å². The van der Waals surface area contributed by atoms with Gasteiger partial charge in [-0.2, -0.15) is 0 Å². The lowest BCUT2D eigenvalue weighted by atomic mass is 10.0. The number of para-hydroxylation sites is 1. The first kappa shape index (κ1) is 17.4. The van der Waals surface area contributed by atoms with Crippen molar-refractivity contribution in [2.24, 2.45) is 0 Å². The molecule has 1 atom stereocenters. The quantitative estimate of drug-likeness (QED) is 0.870. The molecule has 132 valence electrons. The van der Waals surface area contributed by atoms with Crippen LogP contribution in [0.25, 0.3) is 0 Å². The Morgan fingerprint density at radius 2 is 1.76 bits per heavy atom. The van der Waals surface area contributed by atoms with Crippen molar-refractivity contribution >= 4 is 11.6 Å². The zero-order chi connectivity index (χ0) is 18.0. The number of amides is 1. The van der Waals surface area contributed by atoms with Crippen molar-refractivity contribution in [3.63, 3.8) is 0 Å². The van der Waals surface area contributed by atoms with E-state index in [1.165, 1.54) is 12.1 Å². The van der Waals surface area contributed by atoms with Crippen LogP contribution in [0.15, 0.2) is 42.5 Å². The number of nitrogens with two attached hydrogens (primary N) is 1. The third-order valence-corrected chi connectivity index (χ3v) is 4.75. The first-order valence-electron chi connectivity index (χ1n) is 8.30. The molecule has 1 aliphatic heterocycles. The molecule has 4 nitrogen and oxygen atoms in total. The van der Waals surface area contributed by atoms with E-state index in [-0.39, 0.29) is 11.9 Å². The molecule has 0 aliphatic carbocycles. The molecule has 1 saturated heterocycles. The highest BCUT2D eigenvalue weighted by atomic mass is 19.1. The summed E-state index contributed by atoms with van der Waals surface area (Å²) >= 11 is 0. The maximum atomic E-state index is 14.0. The van der Waals surface area contributed by atoms with E-state index in [4.69, 9.17) is 5.73 Å². The second kappa shape index (κ2) is 7.19. The minimum atomic E-state index is -0.579. The molecule has 6 heteroatoms. The van der Waals surface area contributed by atoms with Crippen LogP contribution in [0.1, 0.15) is 28.9 Å². The Balaban J connectivity index is 1.65. The molecule has 3 rings (SSSR count). The molecule has 1 aliphatic rings. The number of rotatable bonds is 3. The molecule has 0 saturated carbocycles. The smallest absolute Gasteiger partial charge is 0.256 e. The van der Waals surface area contributed by atoms with Gasteiger partial charge < -0.3 is 10.6 Å². The lowest BCUT2D eigenvalue weighted by Gasteiger charge is -2.38. The highest BCUT2D eigenvalue weighted by Gasteiger charge is 2.27. The predicted octanol–water partition coefficient (Wildman–Crippen LogP) is 3.07. The summed E-state index contributed by atoms with van der Waals surface area (Å²) in [5, 5.41) is 0. The molecule has 1 amide bonds. The van der Waals surface area contributed by atoms with Crippen molar-refractivity contribution in [1.29, 1.82) is 0 Å². The van der Waals surface area contributed by atoms with E-state index in [0.717, 1.165) is 6.07 Å². The van der Waals surface area contributed by atoms with Crippen molar-refractivity contribution < 1.29 is 13.6 Å². The fraction of sp³-hybridized carbons (Fsp3) is 0.316. The number of nitrogens with zero attached hydrogens (tertiary/aromatic N) is 2. The normalized spacial score (nSPS) is 16.7. The van der Waals surface area contributed by atoms with Crippen LogP contribution in [-0.2, 0) is 0 Å². The van der Waals surface area contributed by atoms with Gasteiger partial charge >= 0.3 is 0 Å². The topological polar surface area (TPSA) is 49.6 Å². The summed E-state index contributed by atoms with van der Waals surface area (Å²) in [5.74, 6) is -1.20. The molecule has 2 aromatic carbocycles. The molecule has 0 aromatic heterocycles. The largest absolute Gasteiger partial charge is 0.398 e. The molecule has 2 N–H and O–H groups in total. The lowest BCUT2D eigenvalue weighted by molar-refractivity contribution is 0.0580. The summed E-state index contributed by atoms with van der Waals surface area (Å²) in [7, 11) is 0. The van der Waals surface area contributed by atoms with Gasteiger partial charge in [-0.25, -0.2) is 8.78 Å². The van der Waals surface area contributed by atoms with E-state index >= 15 is 0 Å². The number of hydrogen-bond donors (Lipinski definition) is 1. The number of halogens is 2. The van der Waals surface area contributed by atoms with Gasteiger partial charge in [0.05, 0.1) is 5.56 Å². The van der Waals surface area contributed by atoms with Crippen LogP contribution in [0.3, 0.4) is 0 Å². The van der Waals surface area contributed by atoms with E-state index in [0.29, 0.717) is 43.0 Å². The fourth-order valence-corrected chi connectivity index (χ4v) is 3.21. The summed E-state index contributed by atoms with van der Waals surface area (Å²) < 4.78 is 27.1. The van der Waals surface area contributed by atoms with Crippen LogP contribution in [0.2, 0.25) is 0 Å². The number of carbonyl (C=O) groups excluding carboxylic acids is 1. The highest BCUT2D eigenvalue weighted by molar-refractivity contribution is 5.99. The van der Waals surface area contributed by atoms with Crippen LogP contribution >= 0.6 is 0 Å². The standard InChI is InChI=1S/C19H21F2N3O/c1-13(15-7-6-14(20)12-17(15)21)23-8-10-24(11-9-23)19(25)16-4-2-3-5-18(16)22/h2-7,12-13H,8-11,22H2,1H3. The predicted molar refractivity (Wildman–Crippen MR) is 93.1 cm³/mol. The molecule has 0 radical (unpaired) electrons. The van der Waals surface area contributed by atoms with Crippen molar-refractivity contribution in [3.05, 3.63) is 65.2 Å². The van der Waals surface area contributed by atoms with Crippen LogP contribution in [0, 0.1) is 11.6 Å². The maximum absolute atomic E-state index is 14.0. The van der Waals surface area contributed by atoms with Gasteiger partial charge in [0.15, 0.2) is 0 Å². The Bertz CT molecular complexity index is 773. The zero-order valence-corrected chi connectivity index (χ0v) is 14.1. The molecule has 1 heterocycles. The number of benzene rings is 2. The summed E-state index contributed by atoms with van der Waals surface area (Å²) in [6, 6.07) is 10.5. The van der Waals surface area contributed by atoms with Crippen molar-refractivity contribution in [2.45, 2.75) is 13.0 Å². The van der Waals surface area contributed by atoms with E-state index in [1.807, 2.05) is 6.92 Å². The van der Waals surface area contributed by atoms with E-state index < -0.39 is 11.6 Å². The summed E-state index contributed by atoms with van der Waals surface area (Å²) in [4.78, 5) is 16.4. The molecule has 1 fully saturated rings. The number of carbonyl (C=O) groups is 1. The Labute approximate surface area is 145 Å². The van der Waals surface area contributed by atoms with Gasteiger partial charge in [0.25, 0.3) is 5.91 Å². The van der Waals surface area contributed by atoms with Crippen molar-refractivity contribution in [3.8, 4) is 0 Å². The number of piperazine rings is 1. The third kappa shape index (κ3) is 3.64. The van der Waals surface area contributed by atoms with E-state index in [9.17, 15) is 13.6 Å². The Morgan fingerprint density at radius 3 is 2.40 bits per heavy atom. The Kier molecular flexibility index (Phi) is 4.99. The monoisotopic (exact) mass is 345 g/mol. The summed E-state index contributed by atoms with van der Waals surface area (Å²) in [6.45, 7) is 4.22. The second-order valence-electron chi connectivity index (χ2n) is 6.26. The molecule has 0 bridgehead atoms. The van der Waals surface area contributed by atoms with Gasteiger partial charge in [0, 0.05) is 49.5 Å². The Hall–Kier alpha value is -2.47. The van der Waals surface area contributed by atoms with E-state index in [2.05, 4.69) is 4.90 Å². The SMILES string of the molecule is CC(c1ccc(F)cc1F)N1CCN(C(=O)c2ccccc2N)CC1.